The Morgan fingerprint density at radius 1 is 1.20 bits per heavy atom. The number of carbonyl (C=O) groups is 1. The van der Waals surface area contributed by atoms with Crippen LogP contribution in [0.15, 0.2) is 0 Å². The molecule has 0 aliphatic heterocycles. The molecule has 0 aliphatic carbocycles. The van der Waals surface area contributed by atoms with Crippen LogP contribution < -0.4 is 0 Å². The van der Waals surface area contributed by atoms with Gasteiger partial charge < -0.3 is 4.90 Å². The molecule has 0 bridgehead atoms. The van der Waals surface area contributed by atoms with Crippen LogP contribution in [0.2, 0.25) is 0 Å². The molecule has 0 N–H and O–H groups in total. The molecule has 1 amide bonds. The van der Waals surface area contributed by atoms with Crippen molar-refractivity contribution < 1.29 is 13.2 Å². The molecule has 0 saturated heterocycles. The molecule has 0 aliphatic rings. The minimum absolute atomic E-state index is 0.0432. The van der Waals surface area contributed by atoms with E-state index in [-0.39, 0.29) is 11.9 Å². The van der Waals surface area contributed by atoms with Gasteiger partial charge in [0.15, 0.2) is 9.84 Å². The third kappa shape index (κ3) is 6.49. The SMILES string of the molecule is CC(C)CN(C(=O)CS(C)(=O)=O)C(C)C. The maximum atomic E-state index is 11.7. The number of rotatable bonds is 5. The van der Waals surface area contributed by atoms with E-state index in [0.717, 1.165) is 6.26 Å². The molecule has 4 nitrogen and oxygen atoms in total. The summed E-state index contributed by atoms with van der Waals surface area (Å²) in [6, 6.07) is 0.0432. The van der Waals surface area contributed by atoms with Gasteiger partial charge in [0.1, 0.15) is 5.75 Å². The molecule has 90 valence electrons. The normalized spacial score (nSPS) is 12.2. The Morgan fingerprint density at radius 2 is 1.67 bits per heavy atom. The Morgan fingerprint density at radius 3 is 1.93 bits per heavy atom. The number of hydrogen-bond acceptors (Lipinski definition) is 3. The number of hydrogen-bond donors (Lipinski definition) is 0. The highest BCUT2D eigenvalue weighted by Gasteiger charge is 2.21. The first kappa shape index (κ1) is 14.4. The molecule has 0 unspecified atom stereocenters. The maximum Gasteiger partial charge on any atom is 0.237 e. The Bertz CT molecular complexity index is 307. The van der Waals surface area contributed by atoms with Crippen LogP contribution in [0, 0.1) is 5.92 Å². The molecule has 0 rings (SSSR count). The van der Waals surface area contributed by atoms with Crippen molar-refractivity contribution >= 4 is 15.7 Å². The number of nitrogens with zero attached hydrogens (tertiary/aromatic N) is 1. The van der Waals surface area contributed by atoms with Crippen molar-refractivity contribution in [1.82, 2.24) is 4.90 Å². The lowest BCUT2D eigenvalue weighted by molar-refractivity contribution is -0.130. The van der Waals surface area contributed by atoms with Gasteiger partial charge in [-0.05, 0) is 19.8 Å². The zero-order valence-corrected chi connectivity index (χ0v) is 11.0. The molecule has 0 radical (unpaired) electrons. The summed E-state index contributed by atoms with van der Waals surface area (Å²) in [5.41, 5.74) is 0. The number of sulfone groups is 1. The van der Waals surface area contributed by atoms with E-state index in [2.05, 4.69) is 0 Å². The summed E-state index contributed by atoms with van der Waals surface area (Å²) in [5.74, 6) is -0.352. The summed E-state index contributed by atoms with van der Waals surface area (Å²) in [6.45, 7) is 8.39. The van der Waals surface area contributed by atoms with E-state index in [1.807, 2.05) is 27.7 Å². The predicted molar refractivity (Wildman–Crippen MR) is 61.4 cm³/mol. The molecule has 5 heteroatoms. The molecule has 0 spiro atoms. The van der Waals surface area contributed by atoms with Gasteiger partial charge in [0.2, 0.25) is 5.91 Å². The lowest BCUT2D eigenvalue weighted by Gasteiger charge is -2.28. The standard InChI is InChI=1S/C10H21NO3S/c1-8(2)6-11(9(3)4)10(12)7-15(5,13)14/h8-9H,6-7H2,1-5H3. The summed E-state index contributed by atoms with van der Waals surface area (Å²) in [6.07, 6.45) is 1.08. The second kappa shape index (κ2) is 5.49. The van der Waals surface area contributed by atoms with Gasteiger partial charge in [-0.3, -0.25) is 4.79 Å². The highest BCUT2D eigenvalue weighted by molar-refractivity contribution is 7.91. The molecule has 0 aromatic carbocycles. The summed E-state index contributed by atoms with van der Waals surface area (Å²) < 4.78 is 22.0. The van der Waals surface area contributed by atoms with Gasteiger partial charge >= 0.3 is 0 Å². The summed E-state index contributed by atoms with van der Waals surface area (Å²) >= 11 is 0. The van der Waals surface area contributed by atoms with Crippen molar-refractivity contribution in [3.63, 3.8) is 0 Å². The second-order valence-corrected chi connectivity index (χ2v) is 6.74. The van der Waals surface area contributed by atoms with Gasteiger partial charge in [-0.25, -0.2) is 8.42 Å². The molecule has 15 heavy (non-hydrogen) atoms. The Labute approximate surface area is 92.6 Å². The first-order valence-electron chi connectivity index (χ1n) is 5.10. The zero-order chi connectivity index (χ0) is 12.2. The summed E-state index contributed by atoms with van der Waals surface area (Å²) in [5, 5.41) is 0. The predicted octanol–water partition coefficient (Wildman–Crippen LogP) is 0.924. The van der Waals surface area contributed by atoms with E-state index in [1.54, 1.807) is 4.90 Å². The quantitative estimate of drug-likeness (QED) is 0.712. The third-order valence-electron chi connectivity index (χ3n) is 1.89. The first-order chi connectivity index (χ1) is 6.63. The van der Waals surface area contributed by atoms with Gasteiger partial charge in [0.25, 0.3) is 0 Å². The molecule has 0 atom stereocenters. The zero-order valence-electron chi connectivity index (χ0n) is 10.1. The van der Waals surface area contributed by atoms with Crippen LogP contribution in [-0.2, 0) is 14.6 Å². The van der Waals surface area contributed by atoms with Crippen molar-refractivity contribution in [2.45, 2.75) is 33.7 Å². The van der Waals surface area contributed by atoms with Crippen molar-refractivity contribution in [2.75, 3.05) is 18.6 Å². The maximum absolute atomic E-state index is 11.7. The topological polar surface area (TPSA) is 54.5 Å². The van der Waals surface area contributed by atoms with Crippen molar-refractivity contribution in [1.29, 1.82) is 0 Å². The van der Waals surface area contributed by atoms with E-state index in [1.165, 1.54) is 0 Å². The fourth-order valence-corrected chi connectivity index (χ4v) is 1.92. The Balaban J connectivity index is 4.57. The average molecular weight is 235 g/mol. The van der Waals surface area contributed by atoms with Crippen LogP contribution in [0.1, 0.15) is 27.7 Å². The van der Waals surface area contributed by atoms with E-state index < -0.39 is 15.6 Å². The van der Waals surface area contributed by atoms with Crippen LogP contribution in [-0.4, -0.2) is 43.8 Å². The first-order valence-corrected chi connectivity index (χ1v) is 7.16. The van der Waals surface area contributed by atoms with Gasteiger partial charge in [-0.2, -0.15) is 0 Å². The van der Waals surface area contributed by atoms with Crippen LogP contribution in [0.4, 0.5) is 0 Å². The fourth-order valence-electron chi connectivity index (χ4n) is 1.30. The van der Waals surface area contributed by atoms with Gasteiger partial charge in [0.05, 0.1) is 0 Å². The van der Waals surface area contributed by atoms with Crippen molar-refractivity contribution in [3.8, 4) is 0 Å². The number of carbonyl (C=O) groups excluding carboxylic acids is 1. The van der Waals surface area contributed by atoms with E-state index in [0.29, 0.717) is 12.5 Å². The smallest absolute Gasteiger partial charge is 0.237 e. The van der Waals surface area contributed by atoms with E-state index in [4.69, 9.17) is 0 Å². The monoisotopic (exact) mass is 235 g/mol. The molecule has 0 aromatic heterocycles. The Kier molecular flexibility index (Phi) is 5.28. The van der Waals surface area contributed by atoms with E-state index in [9.17, 15) is 13.2 Å². The van der Waals surface area contributed by atoms with Crippen LogP contribution in [0.3, 0.4) is 0 Å². The molecule has 0 heterocycles. The number of amides is 1. The fraction of sp³-hybridized carbons (Fsp3) is 0.900. The van der Waals surface area contributed by atoms with Gasteiger partial charge in [-0.1, -0.05) is 13.8 Å². The average Bonchev–Trinajstić information content (AvgIpc) is 1.95. The lowest BCUT2D eigenvalue weighted by Crippen LogP contribution is -2.42. The van der Waals surface area contributed by atoms with Gasteiger partial charge in [0, 0.05) is 18.8 Å². The molecular weight excluding hydrogens is 214 g/mol. The molecule has 0 fully saturated rings. The van der Waals surface area contributed by atoms with E-state index >= 15 is 0 Å². The third-order valence-corrected chi connectivity index (χ3v) is 2.66. The molecule has 0 saturated carbocycles. The summed E-state index contributed by atoms with van der Waals surface area (Å²) in [4.78, 5) is 13.3. The highest BCUT2D eigenvalue weighted by atomic mass is 32.2. The highest BCUT2D eigenvalue weighted by Crippen LogP contribution is 2.05. The second-order valence-electron chi connectivity index (χ2n) is 4.60. The van der Waals surface area contributed by atoms with Crippen molar-refractivity contribution in [2.24, 2.45) is 5.92 Å². The molecular formula is C10H21NO3S. The largest absolute Gasteiger partial charge is 0.339 e. The van der Waals surface area contributed by atoms with Crippen molar-refractivity contribution in [3.05, 3.63) is 0 Å². The minimum atomic E-state index is -3.23. The molecule has 0 aromatic rings. The lowest BCUT2D eigenvalue weighted by atomic mass is 10.2. The van der Waals surface area contributed by atoms with Crippen LogP contribution in [0.25, 0.3) is 0 Å². The van der Waals surface area contributed by atoms with Crippen LogP contribution in [0.5, 0.6) is 0 Å². The minimum Gasteiger partial charge on any atom is -0.339 e. The van der Waals surface area contributed by atoms with Crippen LogP contribution >= 0.6 is 0 Å². The summed E-state index contributed by atoms with van der Waals surface area (Å²) in [7, 11) is -3.23. The Hall–Kier alpha value is -0.580. The van der Waals surface area contributed by atoms with Gasteiger partial charge in [-0.15, -0.1) is 0 Å².